The van der Waals surface area contributed by atoms with E-state index in [1.54, 1.807) is 23.9 Å². The number of hydrogen-bond donors (Lipinski definition) is 1. The summed E-state index contributed by atoms with van der Waals surface area (Å²) in [6.45, 7) is 0. The van der Waals surface area contributed by atoms with Gasteiger partial charge in [0.15, 0.2) is 0 Å². The zero-order valence-electron chi connectivity index (χ0n) is 7.32. The van der Waals surface area contributed by atoms with Crippen molar-refractivity contribution in [3.8, 4) is 5.75 Å². The molecule has 0 fully saturated rings. The standard InChI is InChI=1S/C11H10OS/c1-13-11-7-9(12)6-8-4-2-3-5-10(8)11/h2-7,12H,1H3. The van der Waals surface area contributed by atoms with E-state index in [0.29, 0.717) is 5.75 Å². The van der Waals surface area contributed by atoms with Crippen LogP contribution in [-0.2, 0) is 0 Å². The van der Waals surface area contributed by atoms with E-state index < -0.39 is 0 Å². The molecule has 2 aromatic rings. The first kappa shape index (κ1) is 8.45. The Labute approximate surface area is 81.4 Å². The second-order valence-electron chi connectivity index (χ2n) is 2.87. The van der Waals surface area contributed by atoms with Gasteiger partial charge in [-0.3, -0.25) is 0 Å². The van der Waals surface area contributed by atoms with Crippen molar-refractivity contribution < 1.29 is 5.11 Å². The predicted octanol–water partition coefficient (Wildman–Crippen LogP) is 3.27. The summed E-state index contributed by atoms with van der Waals surface area (Å²) in [7, 11) is 0. The fourth-order valence-electron chi connectivity index (χ4n) is 1.43. The topological polar surface area (TPSA) is 20.2 Å². The Kier molecular flexibility index (Phi) is 2.15. The summed E-state index contributed by atoms with van der Waals surface area (Å²) in [6, 6.07) is 11.7. The monoisotopic (exact) mass is 190 g/mol. The number of rotatable bonds is 1. The van der Waals surface area contributed by atoms with E-state index in [1.807, 2.05) is 24.5 Å². The summed E-state index contributed by atoms with van der Waals surface area (Å²) in [5, 5.41) is 11.7. The fourth-order valence-corrected chi connectivity index (χ4v) is 2.07. The van der Waals surface area contributed by atoms with Gasteiger partial charge in [0.2, 0.25) is 0 Å². The molecule has 0 aliphatic heterocycles. The molecule has 0 radical (unpaired) electrons. The first-order chi connectivity index (χ1) is 6.31. The van der Waals surface area contributed by atoms with E-state index in [4.69, 9.17) is 0 Å². The second kappa shape index (κ2) is 3.30. The Morgan fingerprint density at radius 1 is 1.15 bits per heavy atom. The van der Waals surface area contributed by atoms with E-state index in [1.165, 1.54) is 5.39 Å². The average Bonchev–Trinajstić information content (AvgIpc) is 2.16. The molecule has 2 aromatic carbocycles. The van der Waals surface area contributed by atoms with E-state index in [9.17, 15) is 5.11 Å². The van der Waals surface area contributed by atoms with Gasteiger partial charge in [-0.25, -0.2) is 0 Å². The number of aromatic hydroxyl groups is 1. The van der Waals surface area contributed by atoms with Gasteiger partial charge in [0.25, 0.3) is 0 Å². The fraction of sp³-hybridized carbons (Fsp3) is 0.0909. The highest BCUT2D eigenvalue weighted by molar-refractivity contribution is 7.98. The molecule has 13 heavy (non-hydrogen) atoms. The van der Waals surface area contributed by atoms with Gasteiger partial charge in [-0.05, 0) is 29.2 Å². The van der Waals surface area contributed by atoms with Crippen LogP contribution in [0.15, 0.2) is 41.3 Å². The summed E-state index contributed by atoms with van der Waals surface area (Å²) in [5.41, 5.74) is 0. The van der Waals surface area contributed by atoms with Gasteiger partial charge in [-0.15, -0.1) is 11.8 Å². The minimum absolute atomic E-state index is 0.336. The summed E-state index contributed by atoms with van der Waals surface area (Å²) >= 11 is 1.65. The maximum Gasteiger partial charge on any atom is 0.117 e. The predicted molar refractivity (Wildman–Crippen MR) is 57.4 cm³/mol. The van der Waals surface area contributed by atoms with Crippen molar-refractivity contribution in [3.05, 3.63) is 36.4 Å². The lowest BCUT2D eigenvalue weighted by Crippen LogP contribution is -1.76. The molecule has 0 saturated heterocycles. The third kappa shape index (κ3) is 1.49. The Bertz CT molecular complexity index is 437. The van der Waals surface area contributed by atoms with Gasteiger partial charge >= 0.3 is 0 Å². The highest BCUT2D eigenvalue weighted by atomic mass is 32.2. The van der Waals surface area contributed by atoms with E-state index >= 15 is 0 Å². The van der Waals surface area contributed by atoms with E-state index in [-0.39, 0.29) is 0 Å². The molecule has 2 heteroatoms. The molecule has 0 bridgehead atoms. The lowest BCUT2D eigenvalue weighted by Gasteiger charge is -2.04. The minimum Gasteiger partial charge on any atom is -0.508 e. The van der Waals surface area contributed by atoms with Crippen LogP contribution in [0.3, 0.4) is 0 Å². The summed E-state index contributed by atoms with van der Waals surface area (Å²) < 4.78 is 0. The number of fused-ring (bicyclic) bond motifs is 1. The van der Waals surface area contributed by atoms with Crippen molar-refractivity contribution in [2.75, 3.05) is 6.26 Å². The molecular formula is C11H10OS. The van der Waals surface area contributed by atoms with Crippen LogP contribution < -0.4 is 0 Å². The molecule has 0 aliphatic rings. The van der Waals surface area contributed by atoms with Crippen molar-refractivity contribution >= 4 is 22.5 Å². The lowest BCUT2D eigenvalue weighted by molar-refractivity contribution is 0.475. The number of phenolic OH excluding ortho intramolecular Hbond substituents is 1. The Balaban J connectivity index is 2.81. The van der Waals surface area contributed by atoms with Crippen LogP contribution in [0.1, 0.15) is 0 Å². The van der Waals surface area contributed by atoms with Crippen LogP contribution in [0.5, 0.6) is 5.75 Å². The smallest absolute Gasteiger partial charge is 0.117 e. The van der Waals surface area contributed by atoms with Gasteiger partial charge in [0, 0.05) is 4.90 Å². The van der Waals surface area contributed by atoms with Gasteiger partial charge in [-0.1, -0.05) is 24.3 Å². The lowest BCUT2D eigenvalue weighted by atomic mass is 10.1. The van der Waals surface area contributed by atoms with E-state index in [2.05, 4.69) is 6.07 Å². The highest BCUT2D eigenvalue weighted by Crippen LogP contribution is 2.30. The first-order valence-corrected chi connectivity index (χ1v) is 5.29. The molecular weight excluding hydrogens is 180 g/mol. The molecule has 2 rings (SSSR count). The quantitative estimate of drug-likeness (QED) is 0.696. The summed E-state index contributed by atoms with van der Waals surface area (Å²) in [6.07, 6.45) is 2.02. The molecule has 0 unspecified atom stereocenters. The van der Waals surface area contributed by atoms with Crippen LogP contribution in [0, 0.1) is 0 Å². The third-order valence-electron chi connectivity index (χ3n) is 2.03. The van der Waals surface area contributed by atoms with Gasteiger partial charge in [0.1, 0.15) is 5.75 Å². The van der Waals surface area contributed by atoms with Gasteiger partial charge in [0.05, 0.1) is 0 Å². The zero-order valence-corrected chi connectivity index (χ0v) is 8.14. The van der Waals surface area contributed by atoms with Crippen molar-refractivity contribution in [2.45, 2.75) is 4.90 Å². The van der Waals surface area contributed by atoms with Gasteiger partial charge < -0.3 is 5.11 Å². The van der Waals surface area contributed by atoms with Crippen LogP contribution in [0.2, 0.25) is 0 Å². The molecule has 66 valence electrons. The first-order valence-electron chi connectivity index (χ1n) is 4.07. The second-order valence-corrected chi connectivity index (χ2v) is 3.72. The number of benzene rings is 2. The van der Waals surface area contributed by atoms with Crippen molar-refractivity contribution in [3.63, 3.8) is 0 Å². The number of thioether (sulfide) groups is 1. The Hall–Kier alpha value is -1.15. The molecule has 0 aromatic heterocycles. The molecule has 1 nitrogen and oxygen atoms in total. The minimum atomic E-state index is 0.336. The van der Waals surface area contributed by atoms with Gasteiger partial charge in [-0.2, -0.15) is 0 Å². The largest absolute Gasteiger partial charge is 0.508 e. The number of hydrogen-bond acceptors (Lipinski definition) is 2. The normalized spacial score (nSPS) is 10.5. The van der Waals surface area contributed by atoms with Crippen LogP contribution >= 0.6 is 11.8 Å². The van der Waals surface area contributed by atoms with Crippen LogP contribution in [0.4, 0.5) is 0 Å². The maximum absolute atomic E-state index is 9.43. The molecule has 0 spiro atoms. The SMILES string of the molecule is CSc1cc(O)cc2ccccc12. The summed E-state index contributed by atoms with van der Waals surface area (Å²) in [5.74, 6) is 0.336. The Morgan fingerprint density at radius 2 is 1.92 bits per heavy atom. The molecule has 0 amide bonds. The molecule has 0 saturated carbocycles. The zero-order chi connectivity index (χ0) is 9.26. The molecule has 0 heterocycles. The summed E-state index contributed by atoms with van der Waals surface area (Å²) in [4.78, 5) is 1.12. The molecule has 0 atom stereocenters. The Morgan fingerprint density at radius 3 is 2.69 bits per heavy atom. The van der Waals surface area contributed by atoms with Crippen molar-refractivity contribution in [1.82, 2.24) is 0 Å². The average molecular weight is 190 g/mol. The third-order valence-corrected chi connectivity index (χ3v) is 2.81. The van der Waals surface area contributed by atoms with E-state index in [0.717, 1.165) is 10.3 Å². The highest BCUT2D eigenvalue weighted by Gasteiger charge is 2.00. The molecule has 1 N–H and O–H groups in total. The van der Waals surface area contributed by atoms with Crippen molar-refractivity contribution in [1.29, 1.82) is 0 Å². The van der Waals surface area contributed by atoms with Crippen molar-refractivity contribution in [2.24, 2.45) is 0 Å². The van der Waals surface area contributed by atoms with Crippen LogP contribution in [-0.4, -0.2) is 11.4 Å². The maximum atomic E-state index is 9.43. The molecule has 0 aliphatic carbocycles. The number of phenols is 1. The van der Waals surface area contributed by atoms with Crippen LogP contribution in [0.25, 0.3) is 10.8 Å².